The highest BCUT2D eigenvalue weighted by Gasteiger charge is 2.69. The van der Waals surface area contributed by atoms with Gasteiger partial charge in [0.05, 0.1) is 6.04 Å². The van der Waals surface area contributed by atoms with Crippen LogP contribution in [0.5, 0.6) is 0 Å². The molecular weight excluding hydrogens is 315 g/mol. The van der Waals surface area contributed by atoms with Crippen molar-refractivity contribution in [1.29, 1.82) is 0 Å². The lowest BCUT2D eigenvalue weighted by atomic mass is 10.1. The summed E-state index contributed by atoms with van der Waals surface area (Å²) in [7, 11) is 0. The molecule has 2 rings (SSSR count). The highest BCUT2D eigenvalue weighted by Crippen LogP contribution is 2.36. The number of imide groups is 1. The number of amides is 4. The number of carbonyl (C=O) groups excluding carboxylic acids is 3. The van der Waals surface area contributed by atoms with Crippen molar-refractivity contribution in [1.82, 2.24) is 15.5 Å². The summed E-state index contributed by atoms with van der Waals surface area (Å²) in [6, 6.07) is 5.97. The summed E-state index contributed by atoms with van der Waals surface area (Å²) in [5.74, 6) is -2.66. The molecule has 6 nitrogen and oxygen atoms in total. The Balaban J connectivity index is 2.44. The molecule has 0 aliphatic carbocycles. The van der Waals surface area contributed by atoms with Gasteiger partial charge < -0.3 is 5.32 Å². The van der Waals surface area contributed by atoms with Gasteiger partial charge in [0.25, 0.3) is 11.6 Å². The van der Waals surface area contributed by atoms with E-state index in [2.05, 4.69) is 0 Å². The lowest BCUT2D eigenvalue weighted by Crippen LogP contribution is -2.69. The molecule has 1 aromatic carbocycles. The average Bonchev–Trinajstić information content (AvgIpc) is 2.70. The van der Waals surface area contributed by atoms with Gasteiger partial charge in [-0.25, -0.2) is 4.79 Å². The van der Waals surface area contributed by atoms with Crippen molar-refractivity contribution < 1.29 is 27.6 Å². The summed E-state index contributed by atoms with van der Waals surface area (Å²) in [5.41, 5.74) is -2.96. The summed E-state index contributed by atoms with van der Waals surface area (Å²) in [5, 5.41) is 3.09. The maximum atomic E-state index is 13.4. The highest BCUT2D eigenvalue weighted by molar-refractivity contribution is 6.09. The second-order valence-electron chi connectivity index (χ2n) is 5.12. The third-order valence-corrected chi connectivity index (χ3v) is 3.51. The number of nitrogens with one attached hydrogen (secondary N) is 2. The van der Waals surface area contributed by atoms with Gasteiger partial charge in [-0.1, -0.05) is 30.3 Å². The molecule has 9 heteroatoms. The van der Waals surface area contributed by atoms with Crippen LogP contribution < -0.4 is 10.6 Å². The van der Waals surface area contributed by atoms with Crippen LogP contribution in [0.1, 0.15) is 25.5 Å². The normalized spacial score (nSPS) is 22.7. The van der Waals surface area contributed by atoms with Crippen LogP contribution in [0.25, 0.3) is 0 Å². The minimum Gasteiger partial charge on any atom is -0.318 e. The van der Waals surface area contributed by atoms with Crippen LogP contribution in [0, 0.1) is 0 Å². The third-order valence-electron chi connectivity index (χ3n) is 3.51. The fourth-order valence-electron chi connectivity index (χ4n) is 2.39. The topological polar surface area (TPSA) is 78.5 Å². The molecule has 1 fully saturated rings. The molecule has 0 unspecified atom stereocenters. The molecular formula is C14H14F3N3O3. The number of hydrogen-bond acceptors (Lipinski definition) is 3. The molecule has 1 saturated heterocycles. The molecule has 1 aromatic rings. The highest BCUT2D eigenvalue weighted by atomic mass is 19.4. The number of hydrogen-bond donors (Lipinski definition) is 2. The lowest BCUT2D eigenvalue weighted by Gasteiger charge is -2.30. The van der Waals surface area contributed by atoms with Crippen LogP contribution in [-0.2, 0) is 9.59 Å². The molecule has 0 radical (unpaired) electrons. The molecule has 0 spiro atoms. The van der Waals surface area contributed by atoms with E-state index in [-0.39, 0.29) is 0 Å². The molecule has 4 amide bonds. The maximum absolute atomic E-state index is 13.4. The number of nitrogens with zero attached hydrogens (tertiary/aromatic N) is 1. The first-order valence-corrected chi connectivity index (χ1v) is 6.66. The fraction of sp³-hybridized carbons (Fsp3) is 0.357. The Bertz CT molecular complexity index is 648. The van der Waals surface area contributed by atoms with Gasteiger partial charge in [-0.15, -0.1) is 0 Å². The first kappa shape index (κ1) is 16.8. The van der Waals surface area contributed by atoms with E-state index in [1.807, 2.05) is 0 Å². The van der Waals surface area contributed by atoms with Crippen molar-refractivity contribution in [3.63, 3.8) is 0 Å². The van der Waals surface area contributed by atoms with Gasteiger partial charge in [0.1, 0.15) is 0 Å². The predicted molar refractivity (Wildman–Crippen MR) is 72.8 cm³/mol. The summed E-state index contributed by atoms with van der Waals surface area (Å²) in [6.45, 7) is 2.25. The Morgan fingerprint density at radius 3 is 2.30 bits per heavy atom. The van der Waals surface area contributed by atoms with Crippen molar-refractivity contribution in [2.45, 2.75) is 31.7 Å². The van der Waals surface area contributed by atoms with E-state index in [1.165, 1.54) is 12.2 Å². The molecule has 1 aliphatic heterocycles. The number of rotatable bonds is 3. The Labute approximate surface area is 129 Å². The summed E-state index contributed by atoms with van der Waals surface area (Å²) >= 11 is 0. The standard InChI is InChI=1S/C14H14F3N3O3/c1-8(10-6-4-3-5-7-10)20-11(22)13(14(15,16)17,18-9(2)21)19-12(20)23/h3-8H,1-2H3,(H,18,21)(H,19,23)/t8-,13+/m1/s1. The molecule has 2 N–H and O–H groups in total. The first-order chi connectivity index (χ1) is 10.6. The van der Waals surface area contributed by atoms with Crippen molar-refractivity contribution in [3.05, 3.63) is 35.9 Å². The molecule has 0 aromatic heterocycles. The van der Waals surface area contributed by atoms with E-state index in [0.29, 0.717) is 10.5 Å². The molecule has 1 aliphatic rings. The summed E-state index contributed by atoms with van der Waals surface area (Å²) in [6.07, 6.45) is -5.18. The van der Waals surface area contributed by atoms with Crippen LogP contribution >= 0.6 is 0 Å². The lowest BCUT2D eigenvalue weighted by molar-refractivity contribution is -0.204. The molecule has 23 heavy (non-hydrogen) atoms. The predicted octanol–water partition coefficient (Wildman–Crippen LogP) is 1.69. The van der Waals surface area contributed by atoms with Crippen LogP contribution in [0.3, 0.4) is 0 Å². The van der Waals surface area contributed by atoms with Gasteiger partial charge in [-0.2, -0.15) is 13.2 Å². The number of carbonyl (C=O) groups is 3. The Kier molecular flexibility index (Phi) is 4.06. The van der Waals surface area contributed by atoms with E-state index in [1.54, 1.807) is 35.6 Å². The molecule has 1 heterocycles. The zero-order chi connectivity index (χ0) is 17.4. The van der Waals surface area contributed by atoms with Gasteiger partial charge in [-0.05, 0) is 12.5 Å². The smallest absolute Gasteiger partial charge is 0.318 e. The number of alkyl halides is 3. The van der Waals surface area contributed by atoms with Crippen LogP contribution in [-0.4, -0.2) is 34.6 Å². The van der Waals surface area contributed by atoms with E-state index in [0.717, 1.165) is 6.92 Å². The quantitative estimate of drug-likeness (QED) is 0.829. The number of benzene rings is 1. The zero-order valence-electron chi connectivity index (χ0n) is 12.3. The van der Waals surface area contributed by atoms with Gasteiger partial charge >= 0.3 is 12.2 Å². The molecule has 2 atom stereocenters. The van der Waals surface area contributed by atoms with Gasteiger partial charge in [0, 0.05) is 6.92 Å². The summed E-state index contributed by atoms with van der Waals surface area (Å²) < 4.78 is 40.1. The third kappa shape index (κ3) is 2.73. The van der Waals surface area contributed by atoms with Crippen molar-refractivity contribution in [2.24, 2.45) is 0 Å². The minimum atomic E-state index is -5.18. The Hall–Kier alpha value is -2.58. The monoisotopic (exact) mass is 329 g/mol. The molecule has 0 bridgehead atoms. The molecule has 0 saturated carbocycles. The van der Waals surface area contributed by atoms with Crippen LogP contribution in [0.4, 0.5) is 18.0 Å². The Morgan fingerprint density at radius 1 is 1.26 bits per heavy atom. The summed E-state index contributed by atoms with van der Waals surface area (Å²) in [4.78, 5) is 35.9. The van der Waals surface area contributed by atoms with Crippen molar-refractivity contribution in [2.75, 3.05) is 0 Å². The van der Waals surface area contributed by atoms with Crippen LogP contribution in [0.2, 0.25) is 0 Å². The van der Waals surface area contributed by atoms with Crippen molar-refractivity contribution >= 4 is 17.8 Å². The van der Waals surface area contributed by atoms with E-state index >= 15 is 0 Å². The fourth-order valence-corrected chi connectivity index (χ4v) is 2.39. The van der Waals surface area contributed by atoms with Gasteiger partial charge in [0.15, 0.2) is 0 Å². The van der Waals surface area contributed by atoms with E-state index in [9.17, 15) is 27.6 Å². The zero-order valence-corrected chi connectivity index (χ0v) is 12.3. The minimum absolute atomic E-state index is 0.457. The van der Waals surface area contributed by atoms with E-state index in [4.69, 9.17) is 0 Å². The SMILES string of the molecule is CC(=O)N[C@]1(C(F)(F)F)NC(=O)N([C@H](C)c2ccccc2)C1=O. The second kappa shape index (κ2) is 5.56. The van der Waals surface area contributed by atoms with Gasteiger partial charge in [-0.3, -0.25) is 19.8 Å². The average molecular weight is 329 g/mol. The second-order valence-corrected chi connectivity index (χ2v) is 5.12. The largest absolute Gasteiger partial charge is 0.440 e. The maximum Gasteiger partial charge on any atom is 0.440 e. The number of urea groups is 1. The number of halogens is 3. The molecule has 124 valence electrons. The van der Waals surface area contributed by atoms with Crippen LogP contribution in [0.15, 0.2) is 30.3 Å². The Morgan fingerprint density at radius 2 is 1.83 bits per heavy atom. The van der Waals surface area contributed by atoms with Gasteiger partial charge in [0.2, 0.25) is 5.91 Å². The first-order valence-electron chi connectivity index (χ1n) is 6.66. The van der Waals surface area contributed by atoms with Crippen molar-refractivity contribution in [3.8, 4) is 0 Å². The van der Waals surface area contributed by atoms with E-state index < -0.39 is 35.7 Å².